The lowest BCUT2D eigenvalue weighted by atomic mass is 10.0. The van der Waals surface area contributed by atoms with E-state index >= 15 is 0 Å². The highest BCUT2D eigenvalue weighted by atomic mass is 16.1. The second kappa shape index (κ2) is 6.89. The van der Waals surface area contributed by atoms with Gasteiger partial charge in [0.15, 0.2) is 0 Å². The van der Waals surface area contributed by atoms with Gasteiger partial charge in [0, 0.05) is 12.6 Å². The van der Waals surface area contributed by atoms with Gasteiger partial charge in [0.1, 0.15) is 0 Å². The molecule has 1 amide bonds. The molecular weight excluding hydrogens is 248 g/mol. The Balaban J connectivity index is 1.87. The highest BCUT2D eigenvalue weighted by Crippen LogP contribution is 2.40. The summed E-state index contributed by atoms with van der Waals surface area (Å²) in [7, 11) is 0. The summed E-state index contributed by atoms with van der Waals surface area (Å²) in [5, 5.41) is 6.38. The van der Waals surface area contributed by atoms with Crippen molar-refractivity contribution in [2.24, 2.45) is 11.8 Å². The fourth-order valence-electron chi connectivity index (χ4n) is 2.34. The van der Waals surface area contributed by atoms with E-state index in [4.69, 9.17) is 0 Å². The first-order chi connectivity index (χ1) is 9.56. The average Bonchev–Trinajstić information content (AvgIpc) is 3.23. The van der Waals surface area contributed by atoms with E-state index in [9.17, 15) is 4.79 Å². The van der Waals surface area contributed by atoms with Gasteiger partial charge in [-0.15, -0.1) is 0 Å². The summed E-state index contributed by atoms with van der Waals surface area (Å²) in [6.45, 7) is 7.46. The maximum Gasteiger partial charge on any atom is 0.233 e. The number of amides is 1. The van der Waals surface area contributed by atoms with Crippen LogP contribution in [0.5, 0.6) is 0 Å². The van der Waals surface area contributed by atoms with Crippen molar-refractivity contribution in [2.45, 2.75) is 39.7 Å². The van der Waals surface area contributed by atoms with Crippen LogP contribution in [-0.2, 0) is 4.79 Å². The first-order valence-corrected chi connectivity index (χ1v) is 7.63. The largest absolute Gasteiger partial charge is 0.355 e. The summed E-state index contributed by atoms with van der Waals surface area (Å²) in [6.07, 6.45) is 2.53. The van der Waals surface area contributed by atoms with Crippen LogP contribution in [0.4, 0.5) is 0 Å². The van der Waals surface area contributed by atoms with Gasteiger partial charge in [-0.05, 0) is 37.2 Å². The molecule has 1 fully saturated rings. The van der Waals surface area contributed by atoms with Crippen molar-refractivity contribution in [3.8, 4) is 0 Å². The number of hydrogen-bond donors (Lipinski definition) is 2. The van der Waals surface area contributed by atoms with Crippen LogP contribution in [0.2, 0.25) is 0 Å². The van der Waals surface area contributed by atoms with Gasteiger partial charge >= 0.3 is 0 Å². The molecule has 1 aromatic rings. The van der Waals surface area contributed by atoms with Gasteiger partial charge in [0.05, 0.1) is 6.54 Å². The zero-order valence-corrected chi connectivity index (χ0v) is 12.8. The van der Waals surface area contributed by atoms with E-state index < -0.39 is 0 Å². The van der Waals surface area contributed by atoms with E-state index in [-0.39, 0.29) is 5.91 Å². The molecule has 0 aromatic heterocycles. The fraction of sp³-hybridized carbons (Fsp3) is 0.588. The molecule has 3 nitrogen and oxygen atoms in total. The lowest BCUT2D eigenvalue weighted by Crippen LogP contribution is -2.37. The summed E-state index contributed by atoms with van der Waals surface area (Å²) in [6, 6.07) is 8.96. The molecule has 0 bridgehead atoms. The minimum Gasteiger partial charge on any atom is -0.355 e. The molecule has 0 aliphatic heterocycles. The van der Waals surface area contributed by atoms with Crippen LogP contribution in [0.1, 0.15) is 43.9 Å². The Morgan fingerprint density at radius 3 is 2.45 bits per heavy atom. The van der Waals surface area contributed by atoms with E-state index in [2.05, 4.69) is 55.7 Å². The summed E-state index contributed by atoms with van der Waals surface area (Å²) in [4.78, 5) is 11.8. The van der Waals surface area contributed by atoms with Gasteiger partial charge in [-0.25, -0.2) is 0 Å². The normalized spacial score (nSPS) is 16.2. The van der Waals surface area contributed by atoms with Crippen LogP contribution < -0.4 is 10.6 Å². The SMILES string of the molecule is Cc1ccc(C(NCC(=O)NCC(C)C)C2CC2)cc1. The van der Waals surface area contributed by atoms with Crippen molar-refractivity contribution in [3.05, 3.63) is 35.4 Å². The predicted octanol–water partition coefficient (Wildman–Crippen LogP) is 2.81. The van der Waals surface area contributed by atoms with Crippen molar-refractivity contribution in [2.75, 3.05) is 13.1 Å². The predicted molar refractivity (Wildman–Crippen MR) is 82.5 cm³/mol. The zero-order chi connectivity index (χ0) is 14.5. The fourth-order valence-corrected chi connectivity index (χ4v) is 2.34. The Kier molecular flexibility index (Phi) is 5.18. The Hall–Kier alpha value is -1.35. The number of rotatable bonds is 7. The van der Waals surface area contributed by atoms with Gasteiger partial charge in [-0.1, -0.05) is 43.7 Å². The number of hydrogen-bond acceptors (Lipinski definition) is 2. The number of carbonyl (C=O) groups is 1. The number of nitrogens with one attached hydrogen (secondary N) is 2. The molecule has 1 aliphatic carbocycles. The van der Waals surface area contributed by atoms with Crippen molar-refractivity contribution >= 4 is 5.91 Å². The third-order valence-electron chi connectivity index (χ3n) is 3.72. The molecule has 110 valence electrons. The molecule has 0 radical (unpaired) electrons. The molecule has 20 heavy (non-hydrogen) atoms. The van der Waals surface area contributed by atoms with E-state index in [0.29, 0.717) is 24.4 Å². The van der Waals surface area contributed by atoms with Gasteiger partial charge < -0.3 is 10.6 Å². The van der Waals surface area contributed by atoms with Gasteiger partial charge in [-0.3, -0.25) is 4.79 Å². The lowest BCUT2D eigenvalue weighted by molar-refractivity contribution is -0.120. The third kappa shape index (κ3) is 4.64. The van der Waals surface area contributed by atoms with E-state index in [1.807, 2.05) is 0 Å². The molecule has 0 heterocycles. The van der Waals surface area contributed by atoms with Gasteiger partial charge in [-0.2, -0.15) is 0 Å². The Morgan fingerprint density at radius 1 is 1.25 bits per heavy atom. The molecular formula is C17H26N2O. The Morgan fingerprint density at radius 2 is 1.90 bits per heavy atom. The molecule has 1 unspecified atom stereocenters. The minimum atomic E-state index is 0.0939. The highest BCUT2D eigenvalue weighted by Gasteiger charge is 2.32. The van der Waals surface area contributed by atoms with Crippen molar-refractivity contribution in [1.82, 2.24) is 10.6 Å². The zero-order valence-electron chi connectivity index (χ0n) is 12.8. The van der Waals surface area contributed by atoms with Crippen molar-refractivity contribution in [1.29, 1.82) is 0 Å². The third-order valence-corrected chi connectivity index (χ3v) is 3.72. The first-order valence-electron chi connectivity index (χ1n) is 7.63. The summed E-state index contributed by atoms with van der Waals surface area (Å²) < 4.78 is 0. The van der Waals surface area contributed by atoms with E-state index in [1.165, 1.54) is 24.0 Å². The monoisotopic (exact) mass is 274 g/mol. The van der Waals surface area contributed by atoms with Crippen LogP contribution in [0, 0.1) is 18.8 Å². The second-order valence-corrected chi connectivity index (χ2v) is 6.30. The molecule has 0 spiro atoms. The molecule has 2 rings (SSSR count). The molecule has 1 saturated carbocycles. The molecule has 1 aliphatic rings. The van der Waals surface area contributed by atoms with Gasteiger partial charge in [0.25, 0.3) is 0 Å². The topological polar surface area (TPSA) is 41.1 Å². The lowest BCUT2D eigenvalue weighted by Gasteiger charge is -2.19. The molecule has 1 atom stereocenters. The van der Waals surface area contributed by atoms with Crippen LogP contribution in [-0.4, -0.2) is 19.0 Å². The van der Waals surface area contributed by atoms with Gasteiger partial charge in [0.2, 0.25) is 5.91 Å². The maximum absolute atomic E-state index is 11.8. The molecule has 0 saturated heterocycles. The quantitative estimate of drug-likeness (QED) is 0.803. The highest BCUT2D eigenvalue weighted by molar-refractivity contribution is 5.78. The van der Waals surface area contributed by atoms with Crippen LogP contribution in [0.3, 0.4) is 0 Å². The molecule has 2 N–H and O–H groups in total. The second-order valence-electron chi connectivity index (χ2n) is 6.30. The standard InChI is InChI=1S/C17H26N2O/c1-12(2)10-18-16(20)11-19-17(15-8-9-15)14-6-4-13(3)5-7-14/h4-7,12,15,17,19H,8-11H2,1-3H3,(H,18,20). The summed E-state index contributed by atoms with van der Waals surface area (Å²) in [5.74, 6) is 1.28. The van der Waals surface area contributed by atoms with E-state index in [0.717, 1.165) is 6.54 Å². The van der Waals surface area contributed by atoms with Crippen LogP contribution in [0.15, 0.2) is 24.3 Å². The Bertz CT molecular complexity index is 435. The van der Waals surface area contributed by atoms with Crippen LogP contribution in [0.25, 0.3) is 0 Å². The minimum absolute atomic E-state index is 0.0939. The first kappa shape index (κ1) is 15.0. The smallest absolute Gasteiger partial charge is 0.233 e. The van der Waals surface area contributed by atoms with Crippen molar-refractivity contribution in [3.63, 3.8) is 0 Å². The molecule has 1 aromatic carbocycles. The Labute approximate surface area is 122 Å². The summed E-state index contributed by atoms with van der Waals surface area (Å²) >= 11 is 0. The maximum atomic E-state index is 11.8. The molecule has 3 heteroatoms. The van der Waals surface area contributed by atoms with E-state index in [1.54, 1.807) is 0 Å². The number of aryl methyl sites for hydroxylation is 1. The van der Waals surface area contributed by atoms with Crippen LogP contribution >= 0.6 is 0 Å². The van der Waals surface area contributed by atoms with Crippen molar-refractivity contribution < 1.29 is 4.79 Å². The number of carbonyl (C=O) groups excluding carboxylic acids is 1. The average molecular weight is 274 g/mol. The summed E-state index contributed by atoms with van der Waals surface area (Å²) in [5.41, 5.74) is 2.58. The number of benzene rings is 1.